The van der Waals surface area contributed by atoms with E-state index < -0.39 is 0 Å². The summed E-state index contributed by atoms with van der Waals surface area (Å²) in [5.41, 5.74) is 1.19. The fraction of sp³-hybridized carbons (Fsp3) is 0.462. The first kappa shape index (κ1) is 12.5. The lowest BCUT2D eigenvalue weighted by atomic mass is 10.2. The standard InChI is InChI=1S/C13H19N3/c1-4-8-14-11-12-7-6-9-15-13(12)16(3)10-5-2/h2,6-7,9,14H,4,8,10-11H2,1,3H3. The van der Waals surface area contributed by atoms with Crippen LogP contribution in [0.4, 0.5) is 5.82 Å². The number of nitrogens with one attached hydrogen (secondary N) is 1. The van der Waals surface area contributed by atoms with Gasteiger partial charge in [0.25, 0.3) is 0 Å². The molecule has 0 aliphatic carbocycles. The number of hydrogen-bond donors (Lipinski definition) is 1. The van der Waals surface area contributed by atoms with E-state index in [1.807, 2.05) is 18.0 Å². The van der Waals surface area contributed by atoms with Crippen LogP contribution in [-0.2, 0) is 6.54 Å². The van der Waals surface area contributed by atoms with Gasteiger partial charge in [0.1, 0.15) is 5.82 Å². The van der Waals surface area contributed by atoms with Crippen molar-refractivity contribution >= 4 is 5.82 Å². The molecule has 0 saturated heterocycles. The highest BCUT2D eigenvalue weighted by molar-refractivity contribution is 5.46. The molecule has 3 heteroatoms. The average molecular weight is 217 g/mol. The van der Waals surface area contributed by atoms with Crippen molar-refractivity contribution in [3.05, 3.63) is 23.9 Å². The highest BCUT2D eigenvalue weighted by Crippen LogP contribution is 2.14. The number of anilines is 1. The van der Waals surface area contributed by atoms with Crippen LogP contribution in [0.2, 0.25) is 0 Å². The van der Waals surface area contributed by atoms with Crippen molar-refractivity contribution in [2.45, 2.75) is 19.9 Å². The van der Waals surface area contributed by atoms with Crippen molar-refractivity contribution < 1.29 is 0 Å². The minimum absolute atomic E-state index is 0.581. The second-order valence-electron chi connectivity index (χ2n) is 3.72. The zero-order chi connectivity index (χ0) is 11.8. The second-order valence-corrected chi connectivity index (χ2v) is 3.72. The summed E-state index contributed by atoms with van der Waals surface area (Å²) in [7, 11) is 1.96. The molecule has 0 unspecified atom stereocenters. The van der Waals surface area contributed by atoms with Gasteiger partial charge in [0.05, 0.1) is 6.54 Å². The topological polar surface area (TPSA) is 28.2 Å². The molecular weight excluding hydrogens is 198 g/mol. The van der Waals surface area contributed by atoms with Gasteiger partial charge in [0.15, 0.2) is 0 Å². The van der Waals surface area contributed by atoms with Gasteiger partial charge in [0, 0.05) is 25.4 Å². The van der Waals surface area contributed by atoms with Crippen molar-refractivity contribution in [2.75, 3.05) is 25.0 Å². The number of rotatable bonds is 6. The van der Waals surface area contributed by atoms with Gasteiger partial charge in [-0.3, -0.25) is 0 Å². The third kappa shape index (κ3) is 3.56. The number of terminal acetylenes is 1. The molecule has 1 N–H and O–H groups in total. The number of aromatic nitrogens is 1. The quantitative estimate of drug-likeness (QED) is 0.580. The maximum Gasteiger partial charge on any atom is 0.133 e. The van der Waals surface area contributed by atoms with Crippen LogP contribution in [0.5, 0.6) is 0 Å². The summed E-state index contributed by atoms with van der Waals surface area (Å²) >= 11 is 0. The molecule has 0 aliphatic rings. The SMILES string of the molecule is C#CCN(C)c1ncccc1CNCCC. The van der Waals surface area contributed by atoms with E-state index in [0.717, 1.165) is 25.3 Å². The summed E-state index contributed by atoms with van der Waals surface area (Å²) in [5.74, 6) is 3.59. The molecule has 0 aromatic carbocycles. The van der Waals surface area contributed by atoms with Gasteiger partial charge in [-0.2, -0.15) is 0 Å². The fourth-order valence-corrected chi connectivity index (χ4v) is 1.52. The number of hydrogen-bond acceptors (Lipinski definition) is 3. The third-order valence-corrected chi connectivity index (χ3v) is 2.30. The van der Waals surface area contributed by atoms with Crippen molar-refractivity contribution in [3.8, 4) is 12.3 Å². The Morgan fingerprint density at radius 3 is 3.06 bits per heavy atom. The fourth-order valence-electron chi connectivity index (χ4n) is 1.52. The molecule has 0 bridgehead atoms. The van der Waals surface area contributed by atoms with Crippen LogP contribution in [0.1, 0.15) is 18.9 Å². The van der Waals surface area contributed by atoms with Crippen LogP contribution in [0.25, 0.3) is 0 Å². The summed E-state index contributed by atoms with van der Waals surface area (Å²) in [5, 5.41) is 3.37. The van der Waals surface area contributed by atoms with Gasteiger partial charge in [-0.15, -0.1) is 6.42 Å². The van der Waals surface area contributed by atoms with Crippen LogP contribution in [0, 0.1) is 12.3 Å². The van der Waals surface area contributed by atoms with Crippen molar-refractivity contribution in [1.29, 1.82) is 0 Å². The molecule has 0 aliphatic heterocycles. The predicted molar refractivity (Wildman–Crippen MR) is 68.3 cm³/mol. The van der Waals surface area contributed by atoms with Gasteiger partial charge in [0.2, 0.25) is 0 Å². The Bertz CT molecular complexity index is 354. The minimum Gasteiger partial charge on any atom is -0.348 e. The molecule has 16 heavy (non-hydrogen) atoms. The van der Waals surface area contributed by atoms with E-state index in [2.05, 4.69) is 29.2 Å². The molecule has 1 rings (SSSR count). The Morgan fingerprint density at radius 2 is 2.38 bits per heavy atom. The lowest BCUT2D eigenvalue weighted by molar-refractivity contribution is 0.672. The third-order valence-electron chi connectivity index (χ3n) is 2.30. The minimum atomic E-state index is 0.581. The summed E-state index contributed by atoms with van der Waals surface area (Å²) in [6, 6.07) is 4.04. The van der Waals surface area contributed by atoms with Crippen LogP contribution in [-0.4, -0.2) is 25.1 Å². The molecular formula is C13H19N3. The molecule has 0 radical (unpaired) electrons. The molecule has 0 saturated carbocycles. The van der Waals surface area contributed by atoms with Gasteiger partial charge in [-0.1, -0.05) is 18.9 Å². The van der Waals surface area contributed by atoms with Gasteiger partial charge in [-0.05, 0) is 19.0 Å². The largest absolute Gasteiger partial charge is 0.348 e. The highest BCUT2D eigenvalue weighted by Gasteiger charge is 2.06. The maximum atomic E-state index is 5.30. The molecule has 1 heterocycles. The van der Waals surface area contributed by atoms with Gasteiger partial charge in [-0.25, -0.2) is 4.98 Å². The van der Waals surface area contributed by atoms with Crippen LogP contribution >= 0.6 is 0 Å². The van der Waals surface area contributed by atoms with E-state index in [1.165, 1.54) is 5.56 Å². The van der Waals surface area contributed by atoms with Crippen LogP contribution < -0.4 is 10.2 Å². The Balaban J connectivity index is 2.71. The predicted octanol–water partition coefficient (Wildman–Crippen LogP) is 1.65. The summed E-state index contributed by atoms with van der Waals surface area (Å²) in [6.45, 7) is 4.60. The van der Waals surface area contributed by atoms with E-state index in [9.17, 15) is 0 Å². The molecule has 0 fully saturated rings. The lowest BCUT2D eigenvalue weighted by Gasteiger charge is -2.18. The van der Waals surface area contributed by atoms with E-state index in [-0.39, 0.29) is 0 Å². The monoisotopic (exact) mass is 217 g/mol. The molecule has 3 nitrogen and oxygen atoms in total. The van der Waals surface area contributed by atoms with E-state index in [4.69, 9.17) is 6.42 Å². The Morgan fingerprint density at radius 1 is 1.56 bits per heavy atom. The average Bonchev–Trinajstić information content (AvgIpc) is 2.30. The Kier molecular flexibility index (Phi) is 5.38. The highest BCUT2D eigenvalue weighted by atomic mass is 15.2. The number of pyridine rings is 1. The molecule has 1 aromatic heterocycles. The summed E-state index contributed by atoms with van der Waals surface area (Å²) < 4.78 is 0. The molecule has 0 amide bonds. The first-order valence-electron chi connectivity index (χ1n) is 5.58. The van der Waals surface area contributed by atoms with Crippen LogP contribution in [0.15, 0.2) is 18.3 Å². The van der Waals surface area contributed by atoms with Crippen LogP contribution in [0.3, 0.4) is 0 Å². The molecule has 86 valence electrons. The van der Waals surface area contributed by atoms with E-state index >= 15 is 0 Å². The van der Waals surface area contributed by atoms with Crippen molar-refractivity contribution in [2.24, 2.45) is 0 Å². The summed E-state index contributed by atoms with van der Waals surface area (Å²) in [4.78, 5) is 6.36. The van der Waals surface area contributed by atoms with Crippen molar-refractivity contribution in [3.63, 3.8) is 0 Å². The normalized spacial score (nSPS) is 9.81. The molecule has 1 aromatic rings. The first-order valence-corrected chi connectivity index (χ1v) is 5.58. The van der Waals surface area contributed by atoms with E-state index in [0.29, 0.717) is 6.54 Å². The Labute approximate surface area is 97.9 Å². The van der Waals surface area contributed by atoms with Gasteiger partial charge >= 0.3 is 0 Å². The second kappa shape index (κ2) is 6.86. The lowest BCUT2D eigenvalue weighted by Crippen LogP contribution is -2.22. The Hall–Kier alpha value is -1.53. The zero-order valence-corrected chi connectivity index (χ0v) is 10.0. The molecule has 0 atom stereocenters. The summed E-state index contributed by atoms with van der Waals surface area (Å²) in [6.07, 6.45) is 8.24. The van der Waals surface area contributed by atoms with Gasteiger partial charge < -0.3 is 10.2 Å². The maximum absolute atomic E-state index is 5.30. The molecule has 0 spiro atoms. The van der Waals surface area contributed by atoms with E-state index in [1.54, 1.807) is 6.20 Å². The number of nitrogens with zero attached hydrogens (tertiary/aromatic N) is 2. The first-order chi connectivity index (χ1) is 7.79. The zero-order valence-electron chi connectivity index (χ0n) is 10.0. The smallest absolute Gasteiger partial charge is 0.133 e. The van der Waals surface area contributed by atoms with Crippen molar-refractivity contribution in [1.82, 2.24) is 10.3 Å².